The SMILES string of the molecule is CC(CC(C)C1CC(C)C(C)C1)SN. The van der Waals surface area contributed by atoms with Crippen molar-refractivity contribution < 1.29 is 0 Å². The van der Waals surface area contributed by atoms with Crippen molar-refractivity contribution in [3.05, 3.63) is 0 Å². The highest BCUT2D eigenvalue weighted by atomic mass is 32.2. The molecule has 0 bridgehead atoms. The molecular formula is C12H25NS. The maximum atomic E-state index is 5.59. The van der Waals surface area contributed by atoms with Crippen LogP contribution < -0.4 is 5.14 Å². The standard InChI is InChI=1S/C12H25NS/c1-8-6-12(7-9(8)2)10(3)5-11(4)14-13/h8-12H,5-7,13H2,1-4H3. The zero-order chi connectivity index (χ0) is 10.7. The zero-order valence-electron chi connectivity index (χ0n) is 9.99. The van der Waals surface area contributed by atoms with Crippen LogP contribution in [0, 0.1) is 23.7 Å². The Morgan fingerprint density at radius 2 is 1.71 bits per heavy atom. The zero-order valence-corrected chi connectivity index (χ0v) is 10.8. The highest BCUT2D eigenvalue weighted by Crippen LogP contribution is 2.41. The normalized spacial score (nSPS) is 37.1. The molecule has 0 saturated heterocycles. The van der Waals surface area contributed by atoms with Gasteiger partial charge in [0.05, 0.1) is 0 Å². The second-order valence-electron chi connectivity index (χ2n) is 5.35. The Bertz CT molecular complexity index is 162. The van der Waals surface area contributed by atoms with Gasteiger partial charge >= 0.3 is 0 Å². The van der Waals surface area contributed by atoms with E-state index in [9.17, 15) is 0 Å². The van der Waals surface area contributed by atoms with Crippen LogP contribution in [-0.2, 0) is 0 Å². The summed E-state index contributed by atoms with van der Waals surface area (Å²) in [5.74, 6) is 3.68. The molecule has 0 heterocycles. The van der Waals surface area contributed by atoms with Crippen LogP contribution in [0.5, 0.6) is 0 Å². The Morgan fingerprint density at radius 1 is 1.21 bits per heavy atom. The number of rotatable bonds is 4. The topological polar surface area (TPSA) is 26.0 Å². The quantitative estimate of drug-likeness (QED) is 0.724. The van der Waals surface area contributed by atoms with Crippen molar-refractivity contribution in [2.45, 2.75) is 52.2 Å². The minimum absolute atomic E-state index is 0.621. The van der Waals surface area contributed by atoms with Gasteiger partial charge in [0.2, 0.25) is 0 Å². The van der Waals surface area contributed by atoms with Crippen LogP contribution in [0.3, 0.4) is 0 Å². The summed E-state index contributed by atoms with van der Waals surface area (Å²) in [5.41, 5.74) is 0. The molecule has 1 aliphatic carbocycles. The first kappa shape index (κ1) is 12.4. The Labute approximate surface area is 93.3 Å². The molecular weight excluding hydrogens is 190 g/mol. The van der Waals surface area contributed by atoms with Crippen molar-refractivity contribution in [3.8, 4) is 0 Å². The molecule has 4 unspecified atom stereocenters. The van der Waals surface area contributed by atoms with Crippen LogP contribution in [0.1, 0.15) is 47.0 Å². The fourth-order valence-corrected chi connectivity index (χ4v) is 3.17. The lowest BCUT2D eigenvalue weighted by Crippen LogP contribution is -2.14. The van der Waals surface area contributed by atoms with E-state index in [1.165, 1.54) is 31.2 Å². The first-order chi connectivity index (χ1) is 6.54. The summed E-state index contributed by atoms with van der Waals surface area (Å²) < 4.78 is 0. The smallest absolute Gasteiger partial charge is 0.0165 e. The maximum Gasteiger partial charge on any atom is 0.0165 e. The van der Waals surface area contributed by atoms with Crippen LogP contribution in [0.4, 0.5) is 0 Å². The molecule has 1 rings (SSSR count). The van der Waals surface area contributed by atoms with E-state index in [0.717, 1.165) is 23.7 Å². The van der Waals surface area contributed by atoms with Crippen molar-refractivity contribution >= 4 is 11.9 Å². The predicted octanol–water partition coefficient (Wildman–Crippen LogP) is 3.69. The van der Waals surface area contributed by atoms with Gasteiger partial charge in [0.15, 0.2) is 0 Å². The third kappa shape index (κ3) is 3.16. The van der Waals surface area contributed by atoms with E-state index in [1.807, 2.05) is 0 Å². The van der Waals surface area contributed by atoms with Crippen molar-refractivity contribution in [2.24, 2.45) is 28.8 Å². The van der Waals surface area contributed by atoms with Gasteiger partial charge in [-0.3, -0.25) is 5.14 Å². The summed E-state index contributed by atoms with van der Waals surface area (Å²) in [6, 6.07) is 0. The number of hydrogen-bond donors (Lipinski definition) is 1. The molecule has 0 aromatic rings. The van der Waals surface area contributed by atoms with E-state index < -0.39 is 0 Å². The van der Waals surface area contributed by atoms with Gasteiger partial charge in [0.25, 0.3) is 0 Å². The van der Waals surface area contributed by atoms with Crippen molar-refractivity contribution in [1.82, 2.24) is 0 Å². The Kier molecular flexibility index (Phi) is 4.78. The minimum atomic E-state index is 0.621. The van der Waals surface area contributed by atoms with E-state index in [-0.39, 0.29) is 0 Å². The number of nitrogens with two attached hydrogens (primary N) is 1. The van der Waals surface area contributed by atoms with Crippen LogP contribution >= 0.6 is 11.9 Å². The van der Waals surface area contributed by atoms with Gasteiger partial charge in [-0.2, -0.15) is 0 Å². The molecule has 14 heavy (non-hydrogen) atoms. The third-order valence-electron chi connectivity index (χ3n) is 4.06. The van der Waals surface area contributed by atoms with Crippen LogP contribution in [-0.4, -0.2) is 5.25 Å². The molecule has 1 fully saturated rings. The van der Waals surface area contributed by atoms with Gasteiger partial charge in [0.1, 0.15) is 0 Å². The van der Waals surface area contributed by atoms with Crippen molar-refractivity contribution in [2.75, 3.05) is 0 Å². The van der Waals surface area contributed by atoms with E-state index in [4.69, 9.17) is 5.14 Å². The van der Waals surface area contributed by atoms with Crippen LogP contribution in [0.15, 0.2) is 0 Å². The lowest BCUT2D eigenvalue weighted by Gasteiger charge is -2.21. The van der Waals surface area contributed by atoms with Crippen LogP contribution in [0.25, 0.3) is 0 Å². The first-order valence-corrected chi connectivity index (χ1v) is 6.84. The summed E-state index contributed by atoms with van der Waals surface area (Å²) in [6.07, 6.45) is 4.15. The molecule has 0 spiro atoms. The van der Waals surface area contributed by atoms with Gasteiger partial charge in [-0.05, 0) is 42.9 Å². The Hall–Kier alpha value is 0.310. The first-order valence-electron chi connectivity index (χ1n) is 5.90. The molecule has 0 aromatic carbocycles. The molecule has 84 valence electrons. The molecule has 2 heteroatoms. The van der Waals surface area contributed by atoms with Gasteiger partial charge in [-0.1, -0.05) is 39.6 Å². The largest absolute Gasteiger partial charge is 0.278 e. The molecule has 0 radical (unpaired) electrons. The summed E-state index contributed by atoms with van der Waals surface area (Å²) in [5, 5.41) is 6.21. The minimum Gasteiger partial charge on any atom is -0.278 e. The highest BCUT2D eigenvalue weighted by Gasteiger charge is 2.31. The van der Waals surface area contributed by atoms with Gasteiger partial charge in [0, 0.05) is 5.25 Å². The number of hydrogen-bond acceptors (Lipinski definition) is 2. The van der Waals surface area contributed by atoms with E-state index in [2.05, 4.69) is 27.7 Å². The second-order valence-corrected chi connectivity index (χ2v) is 6.42. The highest BCUT2D eigenvalue weighted by molar-refractivity contribution is 7.97. The Morgan fingerprint density at radius 3 is 2.14 bits per heavy atom. The second kappa shape index (κ2) is 5.41. The maximum absolute atomic E-state index is 5.59. The van der Waals surface area contributed by atoms with Crippen LogP contribution in [0.2, 0.25) is 0 Å². The predicted molar refractivity (Wildman–Crippen MR) is 66.1 cm³/mol. The molecule has 0 aromatic heterocycles. The monoisotopic (exact) mass is 215 g/mol. The summed E-state index contributed by atoms with van der Waals surface area (Å²) in [4.78, 5) is 0. The summed E-state index contributed by atoms with van der Waals surface area (Å²) >= 11 is 1.51. The van der Waals surface area contributed by atoms with Crippen molar-refractivity contribution in [1.29, 1.82) is 0 Å². The van der Waals surface area contributed by atoms with Gasteiger partial charge in [-0.25, -0.2) is 0 Å². The molecule has 1 nitrogen and oxygen atoms in total. The fourth-order valence-electron chi connectivity index (χ4n) is 2.75. The van der Waals surface area contributed by atoms with Gasteiger partial charge in [-0.15, -0.1) is 0 Å². The third-order valence-corrected chi connectivity index (χ3v) is 4.72. The molecule has 1 saturated carbocycles. The van der Waals surface area contributed by atoms with E-state index in [1.54, 1.807) is 0 Å². The molecule has 0 amide bonds. The average Bonchev–Trinajstić information content (AvgIpc) is 2.47. The average molecular weight is 215 g/mol. The molecule has 0 aliphatic heterocycles. The van der Waals surface area contributed by atoms with Crippen molar-refractivity contribution in [3.63, 3.8) is 0 Å². The Balaban J connectivity index is 2.35. The molecule has 1 aliphatic rings. The fraction of sp³-hybridized carbons (Fsp3) is 1.00. The lowest BCUT2D eigenvalue weighted by molar-refractivity contribution is 0.335. The summed E-state index contributed by atoms with van der Waals surface area (Å²) in [7, 11) is 0. The van der Waals surface area contributed by atoms with E-state index in [0.29, 0.717) is 5.25 Å². The van der Waals surface area contributed by atoms with Gasteiger partial charge < -0.3 is 0 Å². The molecule has 2 N–H and O–H groups in total. The summed E-state index contributed by atoms with van der Waals surface area (Å²) in [6.45, 7) is 9.45. The molecule has 4 atom stereocenters. The lowest BCUT2D eigenvalue weighted by atomic mass is 9.88. The van der Waals surface area contributed by atoms with E-state index >= 15 is 0 Å².